The largest absolute Gasteiger partial charge is 0.462 e. The van der Waals surface area contributed by atoms with Crippen molar-refractivity contribution in [1.82, 2.24) is 4.98 Å². The number of pyridine rings is 1. The summed E-state index contributed by atoms with van der Waals surface area (Å²) >= 11 is 0. The van der Waals surface area contributed by atoms with Gasteiger partial charge in [-0.1, -0.05) is 0 Å². The van der Waals surface area contributed by atoms with Gasteiger partial charge < -0.3 is 10.1 Å². The Morgan fingerprint density at radius 3 is 2.70 bits per heavy atom. The molecular formula is C19H26N2O2. The summed E-state index contributed by atoms with van der Waals surface area (Å²) in [6.07, 6.45) is 12.6. The quantitative estimate of drug-likeness (QED) is 0.857. The molecule has 0 radical (unpaired) electrons. The lowest BCUT2D eigenvalue weighted by molar-refractivity contribution is 0.0524. The lowest BCUT2D eigenvalue weighted by atomic mass is 9.88. The van der Waals surface area contributed by atoms with Crippen molar-refractivity contribution in [2.45, 2.75) is 70.3 Å². The molecule has 0 saturated heterocycles. The number of ether oxygens (including phenoxy) is 1. The molecule has 0 spiro atoms. The SMILES string of the molecule is CCOC(=O)c1cnc(NC23CCC(CC2)C3)c2c1CCCC2. The predicted molar refractivity (Wildman–Crippen MR) is 89.8 cm³/mol. The minimum atomic E-state index is -0.218. The number of hydrogen-bond acceptors (Lipinski definition) is 4. The van der Waals surface area contributed by atoms with Crippen LogP contribution < -0.4 is 5.32 Å². The highest BCUT2D eigenvalue weighted by Crippen LogP contribution is 2.49. The van der Waals surface area contributed by atoms with E-state index in [4.69, 9.17) is 4.74 Å². The molecule has 1 aromatic heterocycles. The third-order valence-electron chi connectivity index (χ3n) is 6.02. The summed E-state index contributed by atoms with van der Waals surface area (Å²) in [5, 5.41) is 3.81. The Bertz CT molecular complexity index is 618. The van der Waals surface area contributed by atoms with Gasteiger partial charge in [-0.2, -0.15) is 0 Å². The number of hydrogen-bond donors (Lipinski definition) is 1. The average molecular weight is 314 g/mol. The van der Waals surface area contributed by atoms with Crippen LogP contribution in [0.15, 0.2) is 6.20 Å². The maximum absolute atomic E-state index is 12.2. The molecule has 3 aliphatic carbocycles. The van der Waals surface area contributed by atoms with Crippen molar-refractivity contribution in [2.24, 2.45) is 5.92 Å². The number of fused-ring (bicyclic) bond motifs is 3. The van der Waals surface area contributed by atoms with E-state index < -0.39 is 0 Å². The van der Waals surface area contributed by atoms with E-state index in [1.54, 1.807) is 6.20 Å². The first kappa shape index (κ1) is 15.0. The number of rotatable bonds is 4. The van der Waals surface area contributed by atoms with Crippen LogP contribution in [0.1, 0.15) is 73.4 Å². The molecule has 23 heavy (non-hydrogen) atoms. The van der Waals surface area contributed by atoms with Crippen LogP contribution in [0, 0.1) is 5.92 Å². The molecule has 0 aliphatic heterocycles. The number of nitrogens with zero attached hydrogens (tertiary/aromatic N) is 1. The Labute approximate surface area is 138 Å². The molecule has 3 aliphatic rings. The van der Waals surface area contributed by atoms with Crippen LogP contribution >= 0.6 is 0 Å². The van der Waals surface area contributed by atoms with E-state index in [0.29, 0.717) is 12.2 Å². The normalized spacial score (nSPS) is 28.5. The molecule has 0 amide bonds. The first-order valence-corrected chi connectivity index (χ1v) is 9.17. The number of nitrogens with one attached hydrogen (secondary N) is 1. The second kappa shape index (κ2) is 5.81. The van der Waals surface area contributed by atoms with E-state index in [9.17, 15) is 4.79 Å². The maximum atomic E-state index is 12.2. The number of carbonyl (C=O) groups excluding carboxylic acids is 1. The molecule has 2 bridgehead atoms. The van der Waals surface area contributed by atoms with Crippen LogP contribution in [0.4, 0.5) is 5.82 Å². The fourth-order valence-electron chi connectivity index (χ4n) is 4.86. The third kappa shape index (κ3) is 2.62. The molecule has 0 unspecified atom stereocenters. The van der Waals surface area contributed by atoms with Gasteiger partial charge in [0, 0.05) is 11.7 Å². The van der Waals surface area contributed by atoms with Crippen LogP contribution in [-0.4, -0.2) is 23.1 Å². The van der Waals surface area contributed by atoms with Gasteiger partial charge in [0.1, 0.15) is 5.82 Å². The standard InChI is InChI=1S/C19H26N2O2/c1-2-23-18(22)16-12-20-17(15-6-4-3-5-14(15)16)21-19-9-7-13(11-19)8-10-19/h12-13H,2-11H2,1H3,(H,20,21). The van der Waals surface area contributed by atoms with Crippen LogP contribution in [0.2, 0.25) is 0 Å². The molecule has 1 N–H and O–H groups in total. The Hall–Kier alpha value is -1.58. The van der Waals surface area contributed by atoms with Crippen molar-refractivity contribution in [1.29, 1.82) is 0 Å². The van der Waals surface area contributed by atoms with Crippen molar-refractivity contribution >= 4 is 11.8 Å². The fourth-order valence-corrected chi connectivity index (χ4v) is 4.86. The zero-order valence-electron chi connectivity index (χ0n) is 14.0. The molecule has 0 aromatic carbocycles. The zero-order chi connectivity index (χ0) is 15.9. The zero-order valence-corrected chi connectivity index (χ0v) is 14.0. The first-order valence-electron chi connectivity index (χ1n) is 9.17. The van der Waals surface area contributed by atoms with Gasteiger partial charge in [-0.3, -0.25) is 0 Å². The van der Waals surface area contributed by atoms with Crippen LogP contribution in [-0.2, 0) is 17.6 Å². The Kier molecular flexibility index (Phi) is 3.78. The Balaban J connectivity index is 1.67. The second-order valence-electron chi connectivity index (χ2n) is 7.46. The molecule has 2 saturated carbocycles. The maximum Gasteiger partial charge on any atom is 0.339 e. The van der Waals surface area contributed by atoms with E-state index in [-0.39, 0.29) is 11.5 Å². The first-order chi connectivity index (χ1) is 11.2. The molecule has 0 atom stereocenters. The van der Waals surface area contributed by atoms with Gasteiger partial charge in [-0.05, 0) is 81.8 Å². The Morgan fingerprint density at radius 1 is 1.30 bits per heavy atom. The van der Waals surface area contributed by atoms with Gasteiger partial charge in [0.05, 0.1) is 12.2 Å². The average Bonchev–Trinajstić information content (AvgIpc) is 3.16. The van der Waals surface area contributed by atoms with Crippen molar-refractivity contribution in [2.75, 3.05) is 11.9 Å². The van der Waals surface area contributed by atoms with Gasteiger partial charge in [-0.15, -0.1) is 0 Å². The van der Waals surface area contributed by atoms with Crippen molar-refractivity contribution in [3.8, 4) is 0 Å². The highest BCUT2D eigenvalue weighted by atomic mass is 16.5. The van der Waals surface area contributed by atoms with E-state index in [1.807, 2.05) is 6.92 Å². The van der Waals surface area contributed by atoms with Gasteiger partial charge in [0.25, 0.3) is 0 Å². The summed E-state index contributed by atoms with van der Waals surface area (Å²) in [6.45, 7) is 2.27. The highest BCUT2D eigenvalue weighted by molar-refractivity contribution is 5.91. The van der Waals surface area contributed by atoms with E-state index in [0.717, 1.165) is 31.0 Å². The van der Waals surface area contributed by atoms with Gasteiger partial charge >= 0.3 is 5.97 Å². The molecule has 4 heteroatoms. The van der Waals surface area contributed by atoms with Gasteiger partial charge in [0.2, 0.25) is 0 Å². The minimum Gasteiger partial charge on any atom is -0.462 e. The summed E-state index contributed by atoms with van der Waals surface area (Å²) in [5.74, 6) is 1.73. The number of esters is 1. The minimum absolute atomic E-state index is 0.218. The predicted octanol–water partition coefficient (Wildman–Crippen LogP) is 3.88. The summed E-state index contributed by atoms with van der Waals surface area (Å²) in [6, 6.07) is 0. The van der Waals surface area contributed by atoms with Crippen molar-refractivity contribution in [3.63, 3.8) is 0 Å². The van der Waals surface area contributed by atoms with Crippen molar-refractivity contribution in [3.05, 3.63) is 22.9 Å². The van der Waals surface area contributed by atoms with Crippen LogP contribution in [0.5, 0.6) is 0 Å². The smallest absolute Gasteiger partial charge is 0.339 e. The van der Waals surface area contributed by atoms with Gasteiger partial charge in [-0.25, -0.2) is 9.78 Å². The van der Waals surface area contributed by atoms with E-state index in [2.05, 4.69) is 10.3 Å². The number of anilines is 1. The van der Waals surface area contributed by atoms with Crippen LogP contribution in [0.25, 0.3) is 0 Å². The molecule has 124 valence electrons. The number of aromatic nitrogens is 1. The molecule has 4 nitrogen and oxygen atoms in total. The fraction of sp³-hybridized carbons (Fsp3) is 0.684. The monoisotopic (exact) mass is 314 g/mol. The lowest BCUT2D eigenvalue weighted by Crippen LogP contribution is -2.34. The topological polar surface area (TPSA) is 51.2 Å². The third-order valence-corrected chi connectivity index (χ3v) is 6.02. The molecular weight excluding hydrogens is 288 g/mol. The lowest BCUT2D eigenvalue weighted by Gasteiger charge is -2.31. The van der Waals surface area contributed by atoms with E-state index in [1.165, 1.54) is 49.7 Å². The van der Waals surface area contributed by atoms with Crippen molar-refractivity contribution < 1.29 is 9.53 Å². The molecule has 2 fully saturated rings. The second-order valence-corrected chi connectivity index (χ2v) is 7.46. The highest BCUT2D eigenvalue weighted by Gasteiger charge is 2.45. The van der Waals surface area contributed by atoms with Gasteiger partial charge in [0.15, 0.2) is 0 Å². The summed E-state index contributed by atoms with van der Waals surface area (Å²) in [7, 11) is 0. The van der Waals surface area contributed by atoms with Crippen LogP contribution in [0.3, 0.4) is 0 Å². The number of carbonyl (C=O) groups is 1. The Morgan fingerprint density at radius 2 is 2.04 bits per heavy atom. The summed E-state index contributed by atoms with van der Waals surface area (Å²) in [5.41, 5.74) is 3.40. The molecule has 4 rings (SSSR count). The summed E-state index contributed by atoms with van der Waals surface area (Å²) < 4.78 is 5.22. The summed E-state index contributed by atoms with van der Waals surface area (Å²) in [4.78, 5) is 16.9. The molecule has 1 aromatic rings. The molecule has 1 heterocycles. The van der Waals surface area contributed by atoms with E-state index >= 15 is 0 Å².